The molecule has 0 radical (unpaired) electrons. The van der Waals surface area contributed by atoms with E-state index in [0.29, 0.717) is 23.7 Å². The van der Waals surface area contributed by atoms with Crippen molar-refractivity contribution in [3.63, 3.8) is 0 Å². The second-order valence-corrected chi connectivity index (χ2v) is 5.44. The number of methoxy groups -OCH3 is 1. The fourth-order valence-electron chi connectivity index (χ4n) is 2.34. The van der Waals surface area contributed by atoms with Crippen LogP contribution in [-0.2, 0) is 16.1 Å². The molecule has 1 atom stereocenters. The Morgan fingerprint density at radius 3 is 2.52 bits per heavy atom. The van der Waals surface area contributed by atoms with Crippen molar-refractivity contribution < 1.29 is 23.8 Å². The van der Waals surface area contributed by atoms with Crippen LogP contribution in [0.1, 0.15) is 15.9 Å². The number of ether oxygens (including phenoxy) is 3. The Labute approximate surface area is 144 Å². The fourth-order valence-corrected chi connectivity index (χ4v) is 2.34. The maximum absolute atomic E-state index is 12.1. The fraction of sp³-hybridized carbons (Fsp3) is 0.222. The van der Waals surface area contributed by atoms with E-state index < -0.39 is 17.9 Å². The maximum atomic E-state index is 12.1. The number of amides is 2. The first-order valence-corrected chi connectivity index (χ1v) is 7.74. The van der Waals surface area contributed by atoms with Gasteiger partial charge in [0.2, 0.25) is 6.10 Å². The van der Waals surface area contributed by atoms with Crippen molar-refractivity contribution in [1.29, 1.82) is 0 Å². The minimum absolute atomic E-state index is 0.0738. The summed E-state index contributed by atoms with van der Waals surface area (Å²) in [7, 11) is 1.60. The van der Waals surface area contributed by atoms with Crippen LogP contribution in [0.3, 0.4) is 0 Å². The highest BCUT2D eigenvalue weighted by Gasteiger charge is 2.27. The number of carbonyl (C=O) groups excluding carboxylic acids is 2. The number of hydrazine groups is 1. The molecule has 1 aliphatic heterocycles. The Morgan fingerprint density at radius 2 is 1.80 bits per heavy atom. The molecular formula is C18H18N2O5. The number of nitrogens with one attached hydrogen (secondary N) is 2. The van der Waals surface area contributed by atoms with Crippen LogP contribution in [0.15, 0.2) is 48.5 Å². The summed E-state index contributed by atoms with van der Waals surface area (Å²) in [6.45, 7) is 0.545. The van der Waals surface area contributed by atoms with Crippen LogP contribution >= 0.6 is 0 Å². The van der Waals surface area contributed by atoms with Crippen LogP contribution in [0.4, 0.5) is 0 Å². The van der Waals surface area contributed by atoms with Crippen molar-refractivity contribution in [2.75, 3.05) is 13.7 Å². The number of rotatable bonds is 4. The van der Waals surface area contributed by atoms with Crippen molar-refractivity contribution in [3.05, 3.63) is 59.7 Å². The van der Waals surface area contributed by atoms with Gasteiger partial charge in [0.05, 0.1) is 6.61 Å². The lowest BCUT2D eigenvalue weighted by atomic mass is 10.1. The molecule has 1 aliphatic rings. The molecule has 0 fully saturated rings. The van der Waals surface area contributed by atoms with Crippen molar-refractivity contribution >= 4 is 11.8 Å². The predicted molar refractivity (Wildman–Crippen MR) is 89.1 cm³/mol. The number of fused-ring (bicyclic) bond motifs is 1. The van der Waals surface area contributed by atoms with E-state index in [1.165, 1.54) is 0 Å². The zero-order valence-corrected chi connectivity index (χ0v) is 13.7. The van der Waals surface area contributed by atoms with Gasteiger partial charge in [0.25, 0.3) is 11.8 Å². The molecule has 25 heavy (non-hydrogen) atoms. The van der Waals surface area contributed by atoms with Crippen LogP contribution in [-0.4, -0.2) is 31.6 Å². The average molecular weight is 342 g/mol. The third-order valence-electron chi connectivity index (χ3n) is 3.63. The van der Waals surface area contributed by atoms with Gasteiger partial charge in [-0.15, -0.1) is 0 Å². The molecule has 0 aromatic heterocycles. The molecule has 7 nitrogen and oxygen atoms in total. The van der Waals surface area contributed by atoms with Crippen LogP contribution < -0.4 is 20.3 Å². The highest BCUT2D eigenvalue weighted by Crippen LogP contribution is 2.30. The minimum atomic E-state index is -0.834. The van der Waals surface area contributed by atoms with Crippen molar-refractivity contribution in [3.8, 4) is 11.5 Å². The van der Waals surface area contributed by atoms with Crippen molar-refractivity contribution in [2.24, 2.45) is 0 Å². The standard InChI is InChI=1S/C18H18N2O5/c1-23-10-12-6-8-13(9-7-12)17(21)19-20-18(22)16-11-24-14-4-2-3-5-15(14)25-16/h2-9,16H,10-11H2,1H3,(H,19,21)(H,20,22)/t16-/m0/s1. The molecule has 1 heterocycles. The molecule has 130 valence electrons. The third-order valence-corrected chi connectivity index (χ3v) is 3.63. The molecular weight excluding hydrogens is 324 g/mol. The van der Waals surface area contributed by atoms with Crippen LogP contribution in [0, 0.1) is 0 Å². The first-order valence-electron chi connectivity index (χ1n) is 7.74. The second kappa shape index (κ2) is 7.67. The van der Waals surface area contributed by atoms with Crippen LogP contribution in [0.2, 0.25) is 0 Å². The van der Waals surface area contributed by atoms with Gasteiger partial charge in [0, 0.05) is 12.7 Å². The van der Waals surface area contributed by atoms with Gasteiger partial charge >= 0.3 is 0 Å². The van der Waals surface area contributed by atoms with E-state index in [1.807, 2.05) is 6.07 Å². The van der Waals surface area contributed by atoms with Crippen molar-refractivity contribution in [1.82, 2.24) is 10.9 Å². The van der Waals surface area contributed by atoms with Gasteiger partial charge in [-0.3, -0.25) is 20.4 Å². The number of hydrogen-bond acceptors (Lipinski definition) is 5. The molecule has 2 aromatic rings. The summed E-state index contributed by atoms with van der Waals surface area (Å²) in [6.07, 6.45) is -0.834. The van der Waals surface area contributed by atoms with Gasteiger partial charge in [-0.25, -0.2) is 0 Å². The monoisotopic (exact) mass is 342 g/mol. The van der Waals surface area contributed by atoms with Crippen LogP contribution in [0.25, 0.3) is 0 Å². The summed E-state index contributed by atoms with van der Waals surface area (Å²) in [5, 5.41) is 0. The van der Waals surface area contributed by atoms with Gasteiger partial charge < -0.3 is 14.2 Å². The van der Waals surface area contributed by atoms with E-state index >= 15 is 0 Å². The molecule has 0 bridgehead atoms. The van der Waals surface area contributed by atoms with Crippen LogP contribution in [0.5, 0.6) is 11.5 Å². The number of benzene rings is 2. The summed E-state index contributed by atoms with van der Waals surface area (Å²) in [5.74, 6) is 0.175. The van der Waals surface area contributed by atoms with Gasteiger partial charge in [-0.2, -0.15) is 0 Å². The number of hydrogen-bond donors (Lipinski definition) is 2. The third kappa shape index (κ3) is 4.07. The average Bonchev–Trinajstić information content (AvgIpc) is 2.66. The smallest absolute Gasteiger partial charge is 0.283 e. The van der Waals surface area contributed by atoms with Crippen molar-refractivity contribution in [2.45, 2.75) is 12.7 Å². The summed E-state index contributed by atoms with van der Waals surface area (Å²) < 4.78 is 16.1. The van der Waals surface area contributed by atoms with E-state index in [2.05, 4.69) is 10.9 Å². The lowest BCUT2D eigenvalue weighted by Gasteiger charge is -2.25. The molecule has 7 heteroatoms. The van der Waals surface area contributed by atoms with E-state index in [1.54, 1.807) is 49.6 Å². The summed E-state index contributed by atoms with van der Waals surface area (Å²) in [6, 6.07) is 14.0. The molecule has 0 saturated carbocycles. The zero-order valence-electron chi connectivity index (χ0n) is 13.7. The van der Waals surface area contributed by atoms with E-state index in [9.17, 15) is 9.59 Å². The Morgan fingerprint density at radius 1 is 1.08 bits per heavy atom. The normalized spacial score (nSPS) is 15.3. The van der Waals surface area contributed by atoms with Gasteiger partial charge in [-0.05, 0) is 29.8 Å². The Kier molecular flexibility index (Phi) is 5.15. The lowest BCUT2D eigenvalue weighted by Crippen LogP contribution is -2.50. The molecule has 3 rings (SSSR count). The molecule has 0 spiro atoms. The molecule has 2 aromatic carbocycles. The first-order chi connectivity index (χ1) is 12.2. The minimum Gasteiger partial charge on any atom is -0.485 e. The summed E-state index contributed by atoms with van der Waals surface area (Å²) in [4.78, 5) is 24.2. The maximum Gasteiger partial charge on any atom is 0.283 e. The topological polar surface area (TPSA) is 85.9 Å². The molecule has 0 saturated heterocycles. The van der Waals surface area contributed by atoms with Gasteiger partial charge in [0.15, 0.2) is 11.5 Å². The van der Waals surface area contributed by atoms with E-state index in [-0.39, 0.29) is 6.61 Å². The Hall–Kier alpha value is -3.06. The Balaban J connectivity index is 1.53. The second-order valence-electron chi connectivity index (χ2n) is 5.44. The quantitative estimate of drug-likeness (QED) is 0.821. The molecule has 2 amide bonds. The number of carbonyl (C=O) groups is 2. The molecule has 0 unspecified atom stereocenters. The predicted octanol–water partition coefficient (Wildman–Crippen LogP) is 1.43. The first kappa shape index (κ1) is 16.8. The van der Waals surface area contributed by atoms with Gasteiger partial charge in [-0.1, -0.05) is 24.3 Å². The number of para-hydroxylation sites is 2. The van der Waals surface area contributed by atoms with E-state index in [4.69, 9.17) is 14.2 Å². The SMILES string of the molecule is COCc1ccc(C(=O)NNC(=O)[C@@H]2COc3ccccc3O2)cc1. The van der Waals surface area contributed by atoms with Gasteiger partial charge in [0.1, 0.15) is 6.61 Å². The summed E-state index contributed by atoms with van der Waals surface area (Å²) in [5.41, 5.74) is 6.09. The Bertz CT molecular complexity index is 760. The highest BCUT2D eigenvalue weighted by atomic mass is 16.6. The largest absolute Gasteiger partial charge is 0.485 e. The summed E-state index contributed by atoms with van der Waals surface area (Å²) >= 11 is 0. The molecule has 0 aliphatic carbocycles. The highest BCUT2D eigenvalue weighted by molar-refractivity contribution is 5.95. The lowest BCUT2D eigenvalue weighted by molar-refractivity contribution is -0.131. The molecule has 2 N–H and O–H groups in total. The van der Waals surface area contributed by atoms with E-state index in [0.717, 1.165) is 5.56 Å². The zero-order chi connectivity index (χ0) is 17.6.